The average Bonchev–Trinajstić information content (AvgIpc) is 2.26. The second-order valence-corrected chi connectivity index (χ2v) is 2.99. The van der Waals surface area contributed by atoms with Gasteiger partial charge in [0, 0.05) is 26.9 Å². The maximum atomic E-state index is 5.31. The quantitative estimate of drug-likeness (QED) is 0.478. The third-order valence-electron chi connectivity index (χ3n) is 1.72. The summed E-state index contributed by atoms with van der Waals surface area (Å²) in [6.07, 6.45) is 0. The average molecular weight is 219 g/mol. The van der Waals surface area contributed by atoms with Crippen molar-refractivity contribution >= 4 is 0 Å². The van der Waals surface area contributed by atoms with E-state index in [-0.39, 0.29) is 0 Å². The van der Waals surface area contributed by atoms with E-state index < -0.39 is 0 Å². The summed E-state index contributed by atoms with van der Waals surface area (Å²) in [5.41, 5.74) is 0. The number of rotatable bonds is 12. The molecule has 0 amide bonds. The van der Waals surface area contributed by atoms with Crippen LogP contribution in [-0.2, 0) is 14.2 Å². The van der Waals surface area contributed by atoms with E-state index in [1.54, 1.807) is 7.11 Å². The molecule has 0 spiro atoms. The Balaban J connectivity index is 2.81. The van der Waals surface area contributed by atoms with E-state index in [0.29, 0.717) is 26.4 Å². The van der Waals surface area contributed by atoms with Crippen LogP contribution >= 0.6 is 0 Å². The van der Waals surface area contributed by atoms with Gasteiger partial charge in [-0.1, -0.05) is 0 Å². The first-order chi connectivity index (χ1) is 7.41. The van der Waals surface area contributed by atoms with Crippen molar-refractivity contribution in [2.75, 3.05) is 66.8 Å². The molecule has 0 fully saturated rings. The van der Waals surface area contributed by atoms with Gasteiger partial charge in [0.1, 0.15) is 0 Å². The molecule has 15 heavy (non-hydrogen) atoms. The lowest BCUT2D eigenvalue weighted by Crippen LogP contribution is -2.16. The Morgan fingerprint density at radius 3 is 2.27 bits per heavy atom. The normalized spacial score (nSPS) is 10.8. The first-order valence-corrected chi connectivity index (χ1v) is 5.34. The number of hydrogen-bond donors (Lipinski definition) is 1. The van der Waals surface area contributed by atoms with Crippen LogP contribution in [0.5, 0.6) is 0 Å². The predicted octanol–water partition coefficient (Wildman–Crippen LogP) is 0.259. The van der Waals surface area contributed by atoms with Crippen LogP contribution in [0.2, 0.25) is 0 Å². The van der Waals surface area contributed by atoms with Crippen molar-refractivity contribution in [3.8, 4) is 0 Å². The fraction of sp³-hybridized carbons (Fsp3) is 1.00. The van der Waals surface area contributed by atoms with Crippen molar-refractivity contribution in [1.82, 2.24) is 5.32 Å². The molecule has 0 bridgehead atoms. The number of likely N-dealkylation sites (N-methyl/N-ethyl adjacent to an activating group) is 1. The Hall–Kier alpha value is -0.200. The van der Waals surface area contributed by atoms with Crippen molar-refractivity contribution in [2.24, 2.45) is 0 Å². The molecular weight excluding hydrogens is 196 g/mol. The maximum absolute atomic E-state index is 5.31. The zero-order valence-corrected chi connectivity index (χ0v) is 9.83. The Kier molecular flexibility index (Phi) is 13.6. The van der Waals surface area contributed by atoms with E-state index in [1.165, 1.54) is 0 Å². The van der Waals surface area contributed by atoms with Gasteiger partial charge in [-0.05, 0) is 7.05 Å². The summed E-state index contributed by atoms with van der Waals surface area (Å²) in [6, 6.07) is 0. The zero-order valence-electron chi connectivity index (χ0n) is 9.83. The number of ether oxygens (including phenoxy) is 3. The lowest BCUT2D eigenvalue weighted by molar-refractivity contribution is 0.0533. The molecule has 5 nitrogen and oxygen atoms in total. The fourth-order valence-corrected chi connectivity index (χ4v) is 0.893. The monoisotopic (exact) mass is 219 g/mol. The standard InChI is InChI=1S/C10H23N2O3/c1-11-3-7-14-9-10-15-8-5-12-4-6-13-2/h11H,3-10H2,1-2H3/q-1. The molecule has 0 aliphatic heterocycles. The van der Waals surface area contributed by atoms with Crippen molar-refractivity contribution in [3.05, 3.63) is 5.32 Å². The highest BCUT2D eigenvalue weighted by Crippen LogP contribution is 1.87. The second-order valence-electron chi connectivity index (χ2n) is 2.99. The molecule has 0 radical (unpaired) electrons. The van der Waals surface area contributed by atoms with E-state index in [9.17, 15) is 0 Å². The molecule has 0 aliphatic rings. The molecule has 0 saturated carbocycles. The van der Waals surface area contributed by atoms with Crippen molar-refractivity contribution in [3.63, 3.8) is 0 Å². The Labute approximate surface area is 92.5 Å². The Bertz CT molecular complexity index is 103. The van der Waals surface area contributed by atoms with E-state index in [2.05, 4.69) is 10.6 Å². The van der Waals surface area contributed by atoms with Gasteiger partial charge < -0.3 is 24.8 Å². The zero-order chi connectivity index (χ0) is 11.2. The number of nitrogens with one attached hydrogen (secondary N) is 1. The van der Waals surface area contributed by atoms with Crippen LogP contribution in [0, 0.1) is 0 Å². The molecule has 0 heterocycles. The molecule has 0 atom stereocenters. The van der Waals surface area contributed by atoms with Gasteiger partial charge in [-0.25, -0.2) is 0 Å². The summed E-state index contributed by atoms with van der Waals surface area (Å²) >= 11 is 0. The fourth-order valence-electron chi connectivity index (χ4n) is 0.893. The number of hydrogen-bond acceptors (Lipinski definition) is 4. The smallest absolute Gasteiger partial charge is 0.0701 e. The summed E-state index contributed by atoms with van der Waals surface area (Å²) in [5.74, 6) is 0. The molecule has 0 aromatic rings. The lowest BCUT2D eigenvalue weighted by atomic mass is 10.6. The molecule has 0 rings (SSSR count). The van der Waals surface area contributed by atoms with Crippen molar-refractivity contribution in [2.45, 2.75) is 0 Å². The van der Waals surface area contributed by atoms with Gasteiger partial charge in [-0.15, -0.1) is 13.1 Å². The van der Waals surface area contributed by atoms with Gasteiger partial charge in [-0.3, -0.25) is 0 Å². The molecule has 0 aliphatic carbocycles. The molecule has 0 aromatic heterocycles. The van der Waals surface area contributed by atoms with Gasteiger partial charge in [0.2, 0.25) is 0 Å². The summed E-state index contributed by atoms with van der Waals surface area (Å²) in [6.45, 7) is 5.75. The summed E-state index contributed by atoms with van der Waals surface area (Å²) in [4.78, 5) is 0. The van der Waals surface area contributed by atoms with E-state index in [4.69, 9.17) is 14.2 Å². The number of methoxy groups -OCH3 is 1. The minimum absolute atomic E-state index is 0.642. The summed E-state index contributed by atoms with van der Waals surface area (Å²) in [7, 11) is 3.58. The summed E-state index contributed by atoms with van der Waals surface area (Å²) in [5, 5.41) is 7.21. The largest absolute Gasteiger partial charge is 0.659 e. The molecule has 0 saturated heterocycles. The van der Waals surface area contributed by atoms with Gasteiger partial charge in [0.25, 0.3) is 0 Å². The van der Waals surface area contributed by atoms with Crippen LogP contribution in [0.15, 0.2) is 0 Å². The maximum Gasteiger partial charge on any atom is 0.0701 e. The third-order valence-corrected chi connectivity index (χ3v) is 1.72. The highest BCUT2D eigenvalue weighted by atomic mass is 16.5. The van der Waals surface area contributed by atoms with Crippen LogP contribution < -0.4 is 5.32 Å². The molecule has 5 heteroatoms. The molecule has 0 aromatic carbocycles. The van der Waals surface area contributed by atoms with E-state index in [0.717, 1.165) is 26.2 Å². The minimum Gasteiger partial charge on any atom is -0.659 e. The topological polar surface area (TPSA) is 53.8 Å². The SMILES string of the molecule is CNCCOCCOCC[N-]CCOC. The van der Waals surface area contributed by atoms with Crippen LogP contribution in [0.25, 0.3) is 5.32 Å². The predicted molar refractivity (Wildman–Crippen MR) is 60.5 cm³/mol. The minimum atomic E-state index is 0.642. The van der Waals surface area contributed by atoms with Gasteiger partial charge in [0.15, 0.2) is 0 Å². The second kappa shape index (κ2) is 13.8. The number of nitrogens with zero attached hydrogens (tertiary/aromatic N) is 1. The first-order valence-electron chi connectivity index (χ1n) is 5.34. The van der Waals surface area contributed by atoms with E-state index >= 15 is 0 Å². The van der Waals surface area contributed by atoms with Crippen molar-refractivity contribution < 1.29 is 14.2 Å². The first kappa shape index (κ1) is 14.8. The highest BCUT2D eigenvalue weighted by Gasteiger charge is 1.86. The van der Waals surface area contributed by atoms with Crippen LogP contribution in [0.4, 0.5) is 0 Å². The third kappa shape index (κ3) is 13.8. The summed E-state index contributed by atoms with van der Waals surface area (Å²) < 4.78 is 15.5. The Morgan fingerprint density at radius 1 is 0.933 bits per heavy atom. The molecule has 1 N–H and O–H groups in total. The van der Waals surface area contributed by atoms with Gasteiger partial charge in [-0.2, -0.15) is 0 Å². The van der Waals surface area contributed by atoms with Crippen molar-refractivity contribution in [1.29, 1.82) is 0 Å². The van der Waals surface area contributed by atoms with Gasteiger partial charge in [0.05, 0.1) is 19.8 Å². The molecule has 0 unspecified atom stereocenters. The molecular formula is C10H23N2O3-. The van der Waals surface area contributed by atoms with E-state index in [1.807, 2.05) is 7.05 Å². The Morgan fingerprint density at radius 2 is 1.60 bits per heavy atom. The van der Waals surface area contributed by atoms with Gasteiger partial charge >= 0.3 is 0 Å². The lowest BCUT2D eigenvalue weighted by Gasteiger charge is -2.17. The van der Waals surface area contributed by atoms with Crippen LogP contribution in [0.3, 0.4) is 0 Å². The van der Waals surface area contributed by atoms with Crippen LogP contribution in [-0.4, -0.2) is 66.8 Å². The molecule has 92 valence electrons. The van der Waals surface area contributed by atoms with Crippen LogP contribution in [0.1, 0.15) is 0 Å². The highest BCUT2D eigenvalue weighted by molar-refractivity contribution is 4.77.